The molecule has 7 nitrogen and oxygen atoms in total. The number of rotatable bonds is 7. The molecule has 0 aromatic carbocycles. The first-order valence-corrected chi connectivity index (χ1v) is 6.75. The zero-order valence-corrected chi connectivity index (χ0v) is 11.8. The van der Waals surface area contributed by atoms with Gasteiger partial charge in [0.25, 0.3) is 0 Å². The molecule has 0 aliphatic carbocycles. The van der Waals surface area contributed by atoms with Gasteiger partial charge in [0, 0.05) is 12.3 Å². The summed E-state index contributed by atoms with van der Waals surface area (Å²) in [6.07, 6.45) is 3.37. The molecule has 1 saturated heterocycles. The highest BCUT2D eigenvalue weighted by Crippen LogP contribution is 2.17. The molecule has 7 heteroatoms. The predicted molar refractivity (Wildman–Crippen MR) is 71.6 cm³/mol. The molecule has 0 radical (unpaired) electrons. The summed E-state index contributed by atoms with van der Waals surface area (Å²) < 4.78 is 0. The fraction of sp³-hybridized carbons (Fsp3) is 0.846. The smallest absolute Gasteiger partial charge is 0.230 e. The first kappa shape index (κ1) is 19.0. The van der Waals surface area contributed by atoms with E-state index in [0.717, 1.165) is 19.3 Å². The van der Waals surface area contributed by atoms with Crippen molar-refractivity contribution in [3.8, 4) is 0 Å². The zero-order chi connectivity index (χ0) is 15.6. The van der Waals surface area contributed by atoms with Crippen LogP contribution in [0.15, 0.2) is 0 Å². The van der Waals surface area contributed by atoms with Gasteiger partial charge in [-0.15, -0.1) is 0 Å². The molecule has 1 aliphatic rings. The second-order valence-corrected chi connectivity index (χ2v) is 5.09. The SMILES string of the molecule is CCCCC1CC(=O)NC1=O.OCC(CO)(CO)CO. The molecule has 1 heterocycles. The van der Waals surface area contributed by atoms with Gasteiger partial charge in [-0.2, -0.15) is 0 Å². The van der Waals surface area contributed by atoms with Gasteiger partial charge in [-0.1, -0.05) is 19.8 Å². The number of aliphatic hydroxyl groups is 4. The quantitative estimate of drug-likeness (QED) is 0.374. The Morgan fingerprint density at radius 3 is 1.85 bits per heavy atom. The summed E-state index contributed by atoms with van der Waals surface area (Å²) in [6, 6.07) is 0. The second-order valence-electron chi connectivity index (χ2n) is 5.09. The lowest BCUT2D eigenvalue weighted by atomic mass is 9.93. The van der Waals surface area contributed by atoms with Crippen LogP contribution in [-0.4, -0.2) is 58.7 Å². The van der Waals surface area contributed by atoms with Gasteiger partial charge in [-0.05, 0) is 6.42 Å². The molecule has 0 saturated carbocycles. The third kappa shape index (κ3) is 5.96. The maximum atomic E-state index is 11.0. The molecule has 0 spiro atoms. The van der Waals surface area contributed by atoms with Crippen LogP contribution in [0.5, 0.6) is 0 Å². The van der Waals surface area contributed by atoms with E-state index in [2.05, 4.69) is 12.2 Å². The molecule has 0 aromatic rings. The van der Waals surface area contributed by atoms with Crippen molar-refractivity contribution in [3.05, 3.63) is 0 Å². The van der Waals surface area contributed by atoms with E-state index in [1.54, 1.807) is 0 Å². The number of unbranched alkanes of at least 4 members (excludes halogenated alkanes) is 1. The summed E-state index contributed by atoms with van der Waals surface area (Å²) >= 11 is 0. The van der Waals surface area contributed by atoms with Crippen LogP contribution in [-0.2, 0) is 9.59 Å². The van der Waals surface area contributed by atoms with Crippen molar-refractivity contribution < 1.29 is 30.0 Å². The minimum atomic E-state index is -1.11. The Hall–Kier alpha value is -1.02. The summed E-state index contributed by atoms with van der Waals surface area (Å²) in [4.78, 5) is 21.7. The van der Waals surface area contributed by atoms with E-state index in [4.69, 9.17) is 20.4 Å². The standard InChI is InChI=1S/C8H13NO2.C5H12O4/c1-2-3-4-6-5-7(10)9-8(6)11;6-1-5(2-7,3-8)4-9/h6H,2-5H2,1H3,(H,9,10,11);6-9H,1-4H2. The Morgan fingerprint density at radius 2 is 1.60 bits per heavy atom. The first-order valence-electron chi connectivity index (χ1n) is 6.75. The van der Waals surface area contributed by atoms with Crippen molar-refractivity contribution >= 4 is 11.8 Å². The molecule has 1 unspecified atom stereocenters. The number of aliphatic hydroxyl groups excluding tert-OH is 4. The van der Waals surface area contributed by atoms with Gasteiger partial charge in [0.2, 0.25) is 11.8 Å². The number of hydrogen-bond donors (Lipinski definition) is 5. The number of nitrogens with one attached hydrogen (secondary N) is 1. The third-order valence-corrected chi connectivity index (χ3v) is 3.31. The summed E-state index contributed by atoms with van der Waals surface area (Å²) in [7, 11) is 0. The summed E-state index contributed by atoms with van der Waals surface area (Å²) in [5.41, 5.74) is -1.11. The van der Waals surface area contributed by atoms with Crippen molar-refractivity contribution in [2.75, 3.05) is 26.4 Å². The molecule has 1 rings (SSSR count). The Bertz CT molecular complexity index is 286. The number of hydrogen-bond acceptors (Lipinski definition) is 6. The van der Waals surface area contributed by atoms with Crippen LogP contribution in [0.3, 0.4) is 0 Å². The van der Waals surface area contributed by atoms with Crippen LogP contribution in [0.2, 0.25) is 0 Å². The normalized spacial score (nSPS) is 18.6. The molecule has 5 N–H and O–H groups in total. The lowest BCUT2D eigenvalue weighted by Crippen LogP contribution is -2.37. The lowest BCUT2D eigenvalue weighted by molar-refractivity contribution is -0.125. The Kier molecular flexibility index (Phi) is 9.32. The van der Waals surface area contributed by atoms with Gasteiger partial charge in [0.1, 0.15) is 0 Å². The van der Waals surface area contributed by atoms with Gasteiger partial charge in [-0.25, -0.2) is 0 Å². The van der Waals surface area contributed by atoms with Crippen molar-refractivity contribution in [2.24, 2.45) is 11.3 Å². The molecular weight excluding hydrogens is 266 g/mol. The predicted octanol–water partition coefficient (Wildman–Crippen LogP) is -1.22. The van der Waals surface area contributed by atoms with Crippen LogP contribution in [0, 0.1) is 11.3 Å². The Balaban J connectivity index is 0.000000370. The monoisotopic (exact) mass is 291 g/mol. The zero-order valence-electron chi connectivity index (χ0n) is 11.8. The molecule has 118 valence electrons. The van der Waals surface area contributed by atoms with Crippen molar-refractivity contribution in [3.63, 3.8) is 0 Å². The van der Waals surface area contributed by atoms with Crippen LogP contribution in [0.25, 0.3) is 0 Å². The highest BCUT2D eigenvalue weighted by atomic mass is 16.3. The number of carbonyl (C=O) groups excluding carboxylic acids is 2. The summed E-state index contributed by atoms with van der Waals surface area (Å²) in [6.45, 7) is 0.453. The lowest BCUT2D eigenvalue weighted by Gasteiger charge is -2.23. The van der Waals surface area contributed by atoms with E-state index in [0.29, 0.717) is 6.42 Å². The average Bonchev–Trinajstić information content (AvgIpc) is 2.78. The van der Waals surface area contributed by atoms with Gasteiger partial charge in [-0.3, -0.25) is 14.9 Å². The Labute approximate surface area is 118 Å². The van der Waals surface area contributed by atoms with E-state index >= 15 is 0 Å². The van der Waals surface area contributed by atoms with E-state index in [-0.39, 0.29) is 17.7 Å². The maximum Gasteiger partial charge on any atom is 0.230 e. The minimum absolute atomic E-state index is 0.0394. The first-order chi connectivity index (χ1) is 9.48. The second kappa shape index (κ2) is 9.82. The fourth-order valence-electron chi connectivity index (χ4n) is 1.59. The molecule has 0 bridgehead atoms. The minimum Gasteiger partial charge on any atom is -0.396 e. The molecule has 1 atom stereocenters. The van der Waals surface area contributed by atoms with Gasteiger partial charge >= 0.3 is 0 Å². The van der Waals surface area contributed by atoms with E-state index in [9.17, 15) is 9.59 Å². The number of amides is 2. The molecule has 1 fully saturated rings. The van der Waals surface area contributed by atoms with E-state index in [1.807, 2.05) is 0 Å². The van der Waals surface area contributed by atoms with Gasteiger partial charge in [0.05, 0.1) is 31.8 Å². The van der Waals surface area contributed by atoms with Crippen LogP contribution >= 0.6 is 0 Å². The molecule has 0 aromatic heterocycles. The molecule has 2 amide bonds. The topological polar surface area (TPSA) is 127 Å². The summed E-state index contributed by atoms with van der Waals surface area (Å²) in [5, 5.41) is 36.3. The third-order valence-electron chi connectivity index (χ3n) is 3.31. The van der Waals surface area contributed by atoms with Gasteiger partial charge in [0.15, 0.2) is 0 Å². The number of carbonyl (C=O) groups is 2. The number of imide groups is 1. The average molecular weight is 291 g/mol. The van der Waals surface area contributed by atoms with Gasteiger partial charge < -0.3 is 20.4 Å². The van der Waals surface area contributed by atoms with Crippen molar-refractivity contribution in [1.82, 2.24) is 5.32 Å². The molecular formula is C13H25NO6. The van der Waals surface area contributed by atoms with Crippen molar-refractivity contribution in [2.45, 2.75) is 32.6 Å². The van der Waals surface area contributed by atoms with E-state index in [1.165, 1.54) is 0 Å². The van der Waals surface area contributed by atoms with E-state index < -0.39 is 31.8 Å². The Morgan fingerprint density at radius 1 is 1.10 bits per heavy atom. The summed E-state index contributed by atoms with van der Waals surface area (Å²) in [5.74, 6) is -0.234. The highest BCUT2D eigenvalue weighted by molar-refractivity contribution is 6.03. The fourth-order valence-corrected chi connectivity index (χ4v) is 1.59. The largest absolute Gasteiger partial charge is 0.396 e. The van der Waals surface area contributed by atoms with Crippen LogP contribution in [0.4, 0.5) is 0 Å². The molecule has 20 heavy (non-hydrogen) atoms. The highest BCUT2D eigenvalue weighted by Gasteiger charge is 2.29. The molecule has 1 aliphatic heterocycles. The van der Waals surface area contributed by atoms with Crippen molar-refractivity contribution in [1.29, 1.82) is 0 Å². The maximum absolute atomic E-state index is 11.0. The van der Waals surface area contributed by atoms with Crippen LogP contribution in [0.1, 0.15) is 32.6 Å². The van der Waals surface area contributed by atoms with Crippen LogP contribution < -0.4 is 5.32 Å².